The Hall–Kier alpha value is -3.53. The van der Waals surface area contributed by atoms with Crippen molar-refractivity contribution >= 4 is 23.1 Å². The van der Waals surface area contributed by atoms with Gasteiger partial charge in [0.1, 0.15) is 5.69 Å². The van der Waals surface area contributed by atoms with E-state index in [4.69, 9.17) is 0 Å². The second-order valence-electron chi connectivity index (χ2n) is 9.79. The number of hydrogen-bond donors (Lipinski definition) is 3. The number of rotatable bonds is 5. The molecule has 0 spiro atoms. The summed E-state index contributed by atoms with van der Waals surface area (Å²) >= 11 is 0. The number of aromatic amines is 1. The maximum absolute atomic E-state index is 13.6. The second kappa shape index (κ2) is 9.50. The molecule has 3 aliphatic rings. The molecule has 6 rings (SSSR count). The molecule has 2 aromatic carbocycles. The van der Waals surface area contributed by atoms with Crippen LogP contribution in [0.15, 0.2) is 42.5 Å². The van der Waals surface area contributed by atoms with Crippen molar-refractivity contribution in [1.29, 1.82) is 0 Å². The number of nitrogens with zero attached hydrogens (tertiary/aromatic N) is 4. The van der Waals surface area contributed by atoms with Crippen LogP contribution in [0.2, 0.25) is 0 Å². The number of carbonyl (C=O) groups is 2. The molecule has 3 N–H and O–H groups in total. The fraction of sp³-hybridized carbons (Fsp3) is 0.370. The summed E-state index contributed by atoms with van der Waals surface area (Å²) in [4.78, 5) is 33.2. The highest BCUT2D eigenvalue weighted by Gasteiger charge is 2.35. The predicted octanol–water partition coefficient (Wildman–Crippen LogP) is 1.88. The smallest absolute Gasteiger partial charge is 0.238 e. The Morgan fingerprint density at radius 3 is 2.47 bits per heavy atom. The van der Waals surface area contributed by atoms with Crippen molar-refractivity contribution in [1.82, 2.24) is 25.3 Å². The van der Waals surface area contributed by atoms with Crippen molar-refractivity contribution in [3.8, 4) is 22.5 Å². The number of anilines is 2. The summed E-state index contributed by atoms with van der Waals surface area (Å²) in [6, 6.07) is 13.8. The molecule has 186 valence electrons. The molecule has 2 saturated heterocycles. The molecule has 2 aliphatic heterocycles. The van der Waals surface area contributed by atoms with Crippen LogP contribution in [0.3, 0.4) is 0 Å². The van der Waals surface area contributed by atoms with Crippen molar-refractivity contribution < 1.29 is 9.59 Å². The summed E-state index contributed by atoms with van der Waals surface area (Å²) in [6.45, 7) is 7.88. The number of piperazine rings is 2. The van der Waals surface area contributed by atoms with E-state index >= 15 is 0 Å². The monoisotopic (exact) mass is 485 g/mol. The lowest BCUT2D eigenvalue weighted by molar-refractivity contribution is -0.117. The topological polar surface area (TPSA) is 96.6 Å². The third-order valence-electron chi connectivity index (χ3n) is 7.42. The van der Waals surface area contributed by atoms with Crippen LogP contribution in [-0.4, -0.2) is 97.6 Å². The van der Waals surface area contributed by atoms with Crippen LogP contribution >= 0.6 is 0 Å². The summed E-state index contributed by atoms with van der Waals surface area (Å²) in [5.74, 6) is -0.207. The van der Waals surface area contributed by atoms with Gasteiger partial charge in [-0.3, -0.25) is 19.6 Å². The van der Waals surface area contributed by atoms with Crippen LogP contribution in [0.4, 0.5) is 11.4 Å². The van der Waals surface area contributed by atoms with Gasteiger partial charge in [-0.1, -0.05) is 24.3 Å². The average molecular weight is 486 g/mol. The van der Waals surface area contributed by atoms with Gasteiger partial charge in [-0.25, -0.2) is 0 Å². The lowest BCUT2D eigenvalue weighted by Crippen LogP contribution is -2.47. The first-order valence-corrected chi connectivity index (χ1v) is 12.6. The molecule has 0 saturated carbocycles. The molecule has 2 fully saturated rings. The van der Waals surface area contributed by atoms with Crippen molar-refractivity contribution in [3.05, 3.63) is 53.6 Å². The van der Waals surface area contributed by atoms with E-state index in [2.05, 4.69) is 54.7 Å². The number of benzene rings is 2. The normalized spacial score (nSPS) is 18.2. The van der Waals surface area contributed by atoms with E-state index in [1.165, 1.54) is 5.69 Å². The molecule has 0 bridgehead atoms. The third kappa shape index (κ3) is 4.19. The number of carbonyl (C=O) groups excluding carboxylic acids is 2. The minimum Gasteiger partial charge on any atom is -0.369 e. The van der Waals surface area contributed by atoms with Crippen molar-refractivity contribution in [2.45, 2.75) is 0 Å². The lowest BCUT2D eigenvalue weighted by Gasteiger charge is -2.31. The molecule has 0 unspecified atom stereocenters. The number of fused-ring (bicyclic) bond motifs is 3. The maximum atomic E-state index is 13.6. The van der Waals surface area contributed by atoms with Gasteiger partial charge in [0.2, 0.25) is 5.91 Å². The Bertz CT molecular complexity index is 1290. The van der Waals surface area contributed by atoms with E-state index in [1.54, 1.807) is 6.07 Å². The summed E-state index contributed by atoms with van der Waals surface area (Å²) in [7, 11) is 2.09. The zero-order chi connectivity index (χ0) is 24.6. The Balaban J connectivity index is 1.22. The number of H-pyrrole nitrogens is 1. The molecule has 9 heteroatoms. The number of likely N-dealkylation sites (N-methyl/N-ethyl adjacent to an activating group) is 1. The number of hydrogen-bond acceptors (Lipinski definition) is 7. The highest BCUT2D eigenvalue weighted by atomic mass is 16.2. The largest absolute Gasteiger partial charge is 0.369 e. The van der Waals surface area contributed by atoms with E-state index in [9.17, 15) is 9.59 Å². The zero-order valence-electron chi connectivity index (χ0n) is 20.5. The molecule has 9 nitrogen and oxygen atoms in total. The van der Waals surface area contributed by atoms with Crippen molar-refractivity contribution in [3.63, 3.8) is 0 Å². The van der Waals surface area contributed by atoms with E-state index in [0.29, 0.717) is 34.7 Å². The van der Waals surface area contributed by atoms with Crippen LogP contribution in [0, 0.1) is 0 Å². The van der Waals surface area contributed by atoms with Gasteiger partial charge < -0.3 is 20.4 Å². The summed E-state index contributed by atoms with van der Waals surface area (Å²) in [6.07, 6.45) is 0. The minimum absolute atomic E-state index is 0.101. The maximum Gasteiger partial charge on any atom is 0.238 e. The highest BCUT2D eigenvalue weighted by molar-refractivity contribution is 6.27. The molecule has 0 atom stereocenters. The summed E-state index contributed by atoms with van der Waals surface area (Å²) in [5, 5.41) is 14.0. The highest BCUT2D eigenvalue weighted by Crippen LogP contribution is 2.43. The van der Waals surface area contributed by atoms with Gasteiger partial charge in [0, 0.05) is 69.2 Å². The minimum atomic E-state index is -0.106. The molecule has 1 aliphatic carbocycles. The van der Waals surface area contributed by atoms with Crippen LogP contribution in [0.25, 0.3) is 22.5 Å². The Kier molecular flexibility index (Phi) is 6.04. The molecule has 0 radical (unpaired) electrons. The lowest BCUT2D eigenvalue weighted by atomic mass is 10.0. The van der Waals surface area contributed by atoms with E-state index in [-0.39, 0.29) is 11.7 Å². The number of amides is 1. The number of nitrogens with one attached hydrogen (secondary N) is 3. The molecule has 1 aromatic heterocycles. The zero-order valence-corrected chi connectivity index (χ0v) is 20.5. The molecule has 3 heterocycles. The van der Waals surface area contributed by atoms with Crippen LogP contribution < -0.4 is 15.5 Å². The van der Waals surface area contributed by atoms with Crippen LogP contribution in [-0.2, 0) is 4.79 Å². The molecular formula is C27H31N7O2. The van der Waals surface area contributed by atoms with Gasteiger partial charge in [-0.2, -0.15) is 5.10 Å². The van der Waals surface area contributed by atoms with Gasteiger partial charge in [0.05, 0.1) is 29.1 Å². The average Bonchev–Trinajstić information content (AvgIpc) is 3.46. The van der Waals surface area contributed by atoms with E-state index < -0.39 is 0 Å². The SMILES string of the molecule is CN1CCN(CC(=O)Nc2cccc3c2C(=O)c2c-3n[nH]c2-c2ccc(N3CCNCC3)cc2)CC1. The third-order valence-corrected chi connectivity index (χ3v) is 7.42. The van der Waals surface area contributed by atoms with Crippen molar-refractivity contribution in [2.24, 2.45) is 0 Å². The Morgan fingerprint density at radius 1 is 0.972 bits per heavy atom. The molecule has 1 amide bonds. The number of ketones is 1. The first kappa shape index (κ1) is 22.9. The van der Waals surface area contributed by atoms with Crippen LogP contribution in [0.5, 0.6) is 0 Å². The summed E-state index contributed by atoms with van der Waals surface area (Å²) in [5.41, 5.74) is 5.86. The standard InChI is InChI=1S/C27H31N7O2/c1-32-13-15-33(16-14-32)17-22(35)29-21-4-2-3-20-23(21)27(36)24-25(30-31-26(20)24)18-5-7-19(8-6-18)34-11-9-28-10-12-34/h2-8,28H,9-17H2,1H3,(H,29,35)(H,30,31). The molecule has 36 heavy (non-hydrogen) atoms. The molecular weight excluding hydrogens is 454 g/mol. The summed E-state index contributed by atoms with van der Waals surface area (Å²) < 4.78 is 0. The van der Waals surface area contributed by atoms with Crippen LogP contribution in [0.1, 0.15) is 15.9 Å². The van der Waals surface area contributed by atoms with E-state index in [0.717, 1.165) is 63.5 Å². The Labute approximate surface area is 210 Å². The number of aromatic nitrogens is 2. The first-order chi connectivity index (χ1) is 17.6. The van der Waals surface area contributed by atoms with Gasteiger partial charge in [0.15, 0.2) is 5.78 Å². The Morgan fingerprint density at radius 2 is 1.72 bits per heavy atom. The second-order valence-corrected chi connectivity index (χ2v) is 9.79. The van der Waals surface area contributed by atoms with Gasteiger partial charge in [-0.15, -0.1) is 0 Å². The fourth-order valence-corrected chi connectivity index (χ4v) is 5.35. The molecule has 3 aromatic rings. The predicted molar refractivity (Wildman–Crippen MR) is 141 cm³/mol. The van der Waals surface area contributed by atoms with Gasteiger partial charge in [-0.05, 0) is 25.2 Å². The first-order valence-electron chi connectivity index (χ1n) is 12.6. The fourth-order valence-electron chi connectivity index (χ4n) is 5.35. The van der Waals surface area contributed by atoms with Gasteiger partial charge >= 0.3 is 0 Å². The van der Waals surface area contributed by atoms with E-state index in [1.807, 2.05) is 24.3 Å². The quantitative estimate of drug-likeness (QED) is 0.397. The van der Waals surface area contributed by atoms with Gasteiger partial charge in [0.25, 0.3) is 0 Å². The van der Waals surface area contributed by atoms with Crippen molar-refractivity contribution in [2.75, 3.05) is 76.2 Å².